The van der Waals surface area contributed by atoms with Crippen molar-refractivity contribution in [3.8, 4) is 11.5 Å². The highest BCUT2D eigenvalue weighted by Crippen LogP contribution is 2.25. The highest BCUT2D eigenvalue weighted by molar-refractivity contribution is 5.82. The van der Waals surface area contributed by atoms with Crippen LogP contribution in [0.4, 0.5) is 0 Å². The van der Waals surface area contributed by atoms with Crippen LogP contribution in [0.15, 0.2) is 59.5 Å². The van der Waals surface area contributed by atoms with Gasteiger partial charge in [0, 0.05) is 17.6 Å². The van der Waals surface area contributed by atoms with Gasteiger partial charge in [-0.15, -0.1) is 0 Å². The molecular weight excluding hydrogens is 340 g/mol. The molecule has 0 unspecified atom stereocenters. The molecule has 3 aromatic rings. The Morgan fingerprint density at radius 1 is 1.07 bits per heavy atom. The van der Waals surface area contributed by atoms with E-state index in [0.29, 0.717) is 11.9 Å². The first-order valence-electron chi connectivity index (χ1n) is 9.31. The van der Waals surface area contributed by atoms with Crippen molar-refractivity contribution in [2.75, 3.05) is 7.11 Å². The lowest BCUT2D eigenvalue weighted by molar-refractivity contribution is 0.208. The molecule has 27 heavy (non-hydrogen) atoms. The number of fused-ring (bicyclic) bond motifs is 1. The number of hydrogen-bond acceptors (Lipinski definition) is 4. The summed E-state index contributed by atoms with van der Waals surface area (Å²) in [5.41, 5.74) is 7.00. The van der Waals surface area contributed by atoms with Crippen LogP contribution in [0, 0.1) is 0 Å². The minimum absolute atomic E-state index is 0.00208. The first kappa shape index (κ1) is 17.6. The highest BCUT2D eigenvalue weighted by atomic mass is 16.5. The third kappa shape index (κ3) is 3.83. The quantitative estimate of drug-likeness (QED) is 0.754. The SMILES string of the molecule is COc1ccc(Cn2ccc3cc(O[C@H]4CC[C@@H](N)C4)ccc3c2=O)cc1. The minimum atomic E-state index is -0.00208. The summed E-state index contributed by atoms with van der Waals surface area (Å²) in [5.74, 6) is 1.61. The molecule has 0 bridgehead atoms. The number of rotatable bonds is 5. The van der Waals surface area contributed by atoms with Crippen molar-refractivity contribution in [2.45, 2.75) is 38.0 Å². The topological polar surface area (TPSA) is 66.5 Å². The number of benzene rings is 2. The van der Waals surface area contributed by atoms with Crippen LogP contribution in [0.1, 0.15) is 24.8 Å². The summed E-state index contributed by atoms with van der Waals surface area (Å²) < 4.78 is 12.9. The van der Waals surface area contributed by atoms with Gasteiger partial charge < -0.3 is 19.8 Å². The Balaban J connectivity index is 1.56. The van der Waals surface area contributed by atoms with Crippen LogP contribution in [-0.4, -0.2) is 23.8 Å². The Morgan fingerprint density at radius 2 is 1.85 bits per heavy atom. The molecule has 0 aliphatic heterocycles. The summed E-state index contributed by atoms with van der Waals surface area (Å²) >= 11 is 0. The molecule has 5 heteroatoms. The molecule has 5 nitrogen and oxygen atoms in total. The van der Waals surface area contributed by atoms with Crippen LogP contribution in [0.5, 0.6) is 11.5 Å². The lowest BCUT2D eigenvalue weighted by Gasteiger charge is -2.14. The van der Waals surface area contributed by atoms with Gasteiger partial charge in [0.05, 0.1) is 13.7 Å². The number of aromatic nitrogens is 1. The van der Waals surface area contributed by atoms with Crippen LogP contribution in [0.2, 0.25) is 0 Å². The van der Waals surface area contributed by atoms with Gasteiger partial charge in [0.25, 0.3) is 5.56 Å². The van der Waals surface area contributed by atoms with E-state index >= 15 is 0 Å². The van der Waals surface area contributed by atoms with Crippen LogP contribution in [-0.2, 0) is 6.54 Å². The predicted octanol–water partition coefficient (Wildman–Crippen LogP) is 3.32. The Kier molecular flexibility index (Phi) is 4.86. The molecule has 1 aliphatic carbocycles. The van der Waals surface area contributed by atoms with E-state index in [2.05, 4.69) is 0 Å². The molecule has 0 saturated heterocycles. The maximum absolute atomic E-state index is 12.8. The number of methoxy groups -OCH3 is 1. The van der Waals surface area contributed by atoms with Crippen LogP contribution in [0.25, 0.3) is 10.8 Å². The number of nitrogens with two attached hydrogens (primary N) is 1. The van der Waals surface area contributed by atoms with E-state index < -0.39 is 0 Å². The summed E-state index contributed by atoms with van der Waals surface area (Å²) in [7, 11) is 1.64. The summed E-state index contributed by atoms with van der Waals surface area (Å²) in [6.07, 6.45) is 4.90. The third-order valence-corrected chi connectivity index (χ3v) is 5.19. The van der Waals surface area contributed by atoms with E-state index in [0.717, 1.165) is 41.7 Å². The predicted molar refractivity (Wildman–Crippen MR) is 107 cm³/mol. The Bertz CT molecular complexity index is 995. The van der Waals surface area contributed by atoms with Gasteiger partial charge in [0.15, 0.2) is 0 Å². The molecule has 2 aromatic carbocycles. The van der Waals surface area contributed by atoms with Crippen molar-refractivity contribution in [3.63, 3.8) is 0 Å². The number of hydrogen-bond donors (Lipinski definition) is 1. The molecule has 1 fully saturated rings. The normalized spacial score (nSPS) is 19.3. The molecule has 0 radical (unpaired) electrons. The molecule has 4 rings (SSSR count). The second kappa shape index (κ2) is 7.45. The van der Waals surface area contributed by atoms with Gasteiger partial charge in [-0.3, -0.25) is 4.79 Å². The molecule has 1 aromatic heterocycles. The lowest BCUT2D eigenvalue weighted by Crippen LogP contribution is -2.20. The van der Waals surface area contributed by atoms with Gasteiger partial charge in [-0.25, -0.2) is 0 Å². The van der Waals surface area contributed by atoms with Crippen molar-refractivity contribution in [1.82, 2.24) is 4.57 Å². The smallest absolute Gasteiger partial charge is 0.258 e. The Labute approximate surface area is 158 Å². The van der Waals surface area contributed by atoms with Gasteiger partial charge in [-0.05, 0) is 66.6 Å². The third-order valence-electron chi connectivity index (χ3n) is 5.19. The average Bonchev–Trinajstić information content (AvgIpc) is 3.09. The summed E-state index contributed by atoms with van der Waals surface area (Å²) in [4.78, 5) is 12.8. The van der Waals surface area contributed by atoms with Crippen molar-refractivity contribution in [3.05, 3.63) is 70.6 Å². The summed E-state index contributed by atoms with van der Waals surface area (Å²) in [6, 6.07) is 15.6. The molecule has 1 heterocycles. The number of nitrogens with zero attached hydrogens (tertiary/aromatic N) is 1. The van der Waals surface area contributed by atoms with Gasteiger partial charge in [0.2, 0.25) is 0 Å². The zero-order valence-electron chi connectivity index (χ0n) is 15.4. The average molecular weight is 364 g/mol. The second-order valence-corrected chi connectivity index (χ2v) is 7.16. The van der Waals surface area contributed by atoms with E-state index in [-0.39, 0.29) is 17.7 Å². The molecule has 0 spiro atoms. The van der Waals surface area contributed by atoms with E-state index in [9.17, 15) is 4.79 Å². The maximum Gasteiger partial charge on any atom is 0.258 e. The van der Waals surface area contributed by atoms with Crippen LogP contribution < -0.4 is 20.8 Å². The zero-order chi connectivity index (χ0) is 18.8. The fourth-order valence-corrected chi connectivity index (χ4v) is 3.66. The van der Waals surface area contributed by atoms with E-state index in [1.807, 2.05) is 54.7 Å². The molecule has 0 amide bonds. The molecule has 2 atom stereocenters. The van der Waals surface area contributed by atoms with Crippen LogP contribution >= 0.6 is 0 Å². The molecular formula is C22H24N2O3. The minimum Gasteiger partial charge on any atom is -0.497 e. The monoisotopic (exact) mass is 364 g/mol. The zero-order valence-corrected chi connectivity index (χ0v) is 15.4. The number of pyridine rings is 1. The first-order chi connectivity index (χ1) is 13.1. The fourth-order valence-electron chi connectivity index (χ4n) is 3.66. The van der Waals surface area contributed by atoms with Crippen LogP contribution in [0.3, 0.4) is 0 Å². The fraction of sp³-hybridized carbons (Fsp3) is 0.318. The van der Waals surface area contributed by atoms with Gasteiger partial charge in [0.1, 0.15) is 17.6 Å². The standard InChI is InChI=1S/C22H24N2O3/c1-26-18-5-2-15(3-6-18)14-24-11-10-16-12-19(8-9-21(16)22(24)25)27-20-7-4-17(23)13-20/h2-3,5-6,8-12,17,20H,4,7,13-14,23H2,1H3/t17-,20+/m1/s1. The molecule has 1 aliphatic rings. The van der Waals surface area contributed by atoms with E-state index in [1.54, 1.807) is 11.7 Å². The molecule has 1 saturated carbocycles. The second-order valence-electron chi connectivity index (χ2n) is 7.16. The van der Waals surface area contributed by atoms with Crippen molar-refractivity contribution in [1.29, 1.82) is 0 Å². The maximum atomic E-state index is 12.8. The highest BCUT2D eigenvalue weighted by Gasteiger charge is 2.23. The van der Waals surface area contributed by atoms with E-state index in [4.69, 9.17) is 15.2 Å². The Morgan fingerprint density at radius 3 is 2.56 bits per heavy atom. The first-order valence-corrected chi connectivity index (χ1v) is 9.31. The van der Waals surface area contributed by atoms with Gasteiger partial charge in [-0.1, -0.05) is 12.1 Å². The molecule has 2 N–H and O–H groups in total. The lowest BCUT2D eigenvalue weighted by atomic mass is 10.1. The van der Waals surface area contributed by atoms with Gasteiger partial charge in [-0.2, -0.15) is 0 Å². The van der Waals surface area contributed by atoms with E-state index in [1.165, 1.54) is 0 Å². The van der Waals surface area contributed by atoms with Crippen molar-refractivity contribution < 1.29 is 9.47 Å². The Hall–Kier alpha value is -2.79. The van der Waals surface area contributed by atoms with Crippen molar-refractivity contribution >= 4 is 10.8 Å². The summed E-state index contributed by atoms with van der Waals surface area (Å²) in [6.45, 7) is 0.525. The largest absolute Gasteiger partial charge is 0.497 e. The molecule has 140 valence electrons. The number of ether oxygens (including phenoxy) is 2. The van der Waals surface area contributed by atoms with Gasteiger partial charge >= 0.3 is 0 Å². The van der Waals surface area contributed by atoms with Crippen molar-refractivity contribution in [2.24, 2.45) is 5.73 Å². The summed E-state index contributed by atoms with van der Waals surface area (Å²) in [5, 5.41) is 1.59.